The van der Waals surface area contributed by atoms with Crippen molar-refractivity contribution in [3.63, 3.8) is 0 Å². The van der Waals surface area contributed by atoms with Crippen molar-refractivity contribution in [3.8, 4) is 11.5 Å². The van der Waals surface area contributed by atoms with Gasteiger partial charge >= 0.3 is 5.97 Å². The molecule has 0 radical (unpaired) electrons. The van der Waals surface area contributed by atoms with Crippen LogP contribution in [0.1, 0.15) is 48.6 Å². The summed E-state index contributed by atoms with van der Waals surface area (Å²) in [5.41, 5.74) is 3.34. The molecule has 3 rings (SSSR count). The number of rotatable bonds is 8. The van der Waals surface area contributed by atoms with E-state index < -0.39 is 22.0 Å². The highest BCUT2D eigenvalue weighted by Crippen LogP contribution is 2.42. The van der Waals surface area contributed by atoms with Crippen molar-refractivity contribution in [1.82, 2.24) is 4.31 Å². The maximum absolute atomic E-state index is 13.7. The Hall–Kier alpha value is -2.58. The van der Waals surface area contributed by atoms with Crippen molar-refractivity contribution in [1.29, 1.82) is 0 Å². The maximum Gasteiger partial charge on any atom is 0.307 e. The second kappa shape index (κ2) is 9.92. The predicted octanol–water partition coefficient (Wildman–Crippen LogP) is 3.95. The monoisotopic (exact) mass is 461 g/mol. The summed E-state index contributed by atoms with van der Waals surface area (Å²) in [5, 5.41) is 0. The van der Waals surface area contributed by atoms with Crippen molar-refractivity contribution < 1.29 is 27.4 Å². The number of carbonyl (C=O) groups excluding carboxylic acids is 1. The lowest BCUT2D eigenvalue weighted by Crippen LogP contribution is -2.41. The number of esters is 1. The van der Waals surface area contributed by atoms with E-state index in [9.17, 15) is 13.2 Å². The van der Waals surface area contributed by atoms with Gasteiger partial charge in [-0.3, -0.25) is 4.79 Å². The average Bonchev–Trinajstić information content (AvgIpc) is 2.74. The van der Waals surface area contributed by atoms with Gasteiger partial charge in [0.05, 0.1) is 37.7 Å². The van der Waals surface area contributed by atoms with Gasteiger partial charge in [0.1, 0.15) is 0 Å². The van der Waals surface area contributed by atoms with Gasteiger partial charge in [-0.25, -0.2) is 8.42 Å². The zero-order valence-corrected chi connectivity index (χ0v) is 20.1. The van der Waals surface area contributed by atoms with Crippen molar-refractivity contribution in [2.45, 2.75) is 51.5 Å². The standard InChI is InChI=1S/C24H31NO6S/c1-6-30-21-13-18-10-11-25(32(27,28)23-9-8-16(3)12-17(23)4)20(15-24(26)29-5)19(18)14-22(21)31-7-2/h8-9,12-14,20H,6-7,10-11,15H2,1-5H3/t20-/m0/s1. The molecule has 8 heteroatoms. The highest BCUT2D eigenvalue weighted by molar-refractivity contribution is 7.89. The van der Waals surface area contributed by atoms with Crippen LogP contribution in [-0.2, 0) is 26.0 Å². The summed E-state index contributed by atoms with van der Waals surface area (Å²) in [4.78, 5) is 12.5. The van der Waals surface area contributed by atoms with Gasteiger partial charge in [0.15, 0.2) is 11.5 Å². The molecule has 0 saturated carbocycles. The minimum atomic E-state index is -3.85. The molecule has 0 bridgehead atoms. The molecule has 0 N–H and O–H groups in total. The smallest absolute Gasteiger partial charge is 0.307 e. The summed E-state index contributed by atoms with van der Waals surface area (Å²) in [6.45, 7) is 8.65. The summed E-state index contributed by atoms with van der Waals surface area (Å²) in [5.74, 6) is 0.680. The van der Waals surface area contributed by atoms with E-state index in [1.165, 1.54) is 11.4 Å². The molecule has 1 aliphatic heterocycles. The first-order valence-corrected chi connectivity index (χ1v) is 12.2. The van der Waals surface area contributed by atoms with E-state index in [2.05, 4.69) is 0 Å². The Labute approximate surface area is 190 Å². The molecular formula is C24H31NO6S. The van der Waals surface area contributed by atoms with Gasteiger partial charge in [-0.1, -0.05) is 17.7 Å². The number of aryl methyl sites for hydroxylation is 2. The molecule has 0 saturated heterocycles. The molecule has 1 aliphatic rings. The molecule has 1 atom stereocenters. The normalized spacial score (nSPS) is 16.3. The number of benzene rings is 2. The first-order chi connectivity index (χ1) is 15.2. The summed E-state index contributed by atoms with van der Waals surface area (Å²) in [7, 11) is -2.54. The zero-order chi connectivity index (χ0) is 23.5. The topological polar surface area (TPSA) is 82.1 Å². The number of nitrogens with zero attached hydrogens (tertiary/aromatic N) is 1. The van der Waals surface area contributed by atoms with Gasteiger partial charge in [0, 0.05) is 6.54 Å². The number of carbonyl (C=O) groups is 1. The van der Waals surface area contributed by atoms with Crippen LogP contribution in [-0.4, -0.2) is 45.6 Å². The molecule has 0 aromatic heterocycles. The number of ether oxygens (including phenoxy) is 3. The summed E-state index contributed by atoms with van der Waals surface area (Å²) < 4.78 is 45.2. The SMILES string of the molecule is CCOc1cc2c(cc1OCC)[C@H](CC(=O)OC)N(S(=O)(=O)c1ccc(C)cc1C)CC2. The molecule has 0 aliphatic carbocycles. The molecule has 0 fully saturated rings. The molecule has 0 unspecified atom stereocenters. The largest absolute Gasteiger partial charge is 0.490 e. The second-order valence-corrected chi connectivity index (χ2v) is 9.65. The Bertz CT molecular complexity index is 1100. The molecule has 0 spiro atoms. The summed E-state index contributed by atoms with van der Waals surface area (Å²) in [6, 6.07) is 8.27. The first-order valence-electron chi connectivity index (χ1n) is 10.8. The lowest BCUT2D eigenvalue weighted by atomic mass is 9.91. The maximum atomic E-state index is 13.7. The third-order valence-corrected chi connectivity index (χ3v) is 7.69. The number of fused-ring (bicyclic) bond motifs is 1. The van der Waals surface area contributed by atoms with Crippen LogP contribution < -0.4 is 9.47 Å². The zero-order valence-electron chi connectivity index (χ0n) is 19.3. The Balaban J connectivity index is 2.13. The van der Waals surface area contributed by atoms with Crippen LogP contribution in [0.2, 0.25) is 0 Å². The molecule has 2 aromatic rings. The Morgan fingerprint density at radius 1 is 1.06 bits per heavy atom. The number of hydrogen-bond donors (Lipinski definition) is 0. The third-order valence-electron chi connectivity index (χ3n) is 5.62. The molecule has 2 aromatic carbocycles. The van der Waals surface area contributed by atoms with Gasteiger partial charge in [-0.2, -0.15) is 4.31 Å². The van der Waals surface area contributed by atoms with Crippen LogP contribution in [0, 0.1) is 13.8 Å². The second-order valence-electron chi connectivity index (χ2n) is 7.79. The fraction of sp³-hybridized carbons (Fsp3) is 0.458. The quantitative estimate of drug-likeness (QED) is 0.554. The van der Waals surface area contributed by atoms with Crippen LogP contribution in [0.3, 0.4) is 0 Å². The van der Waals surface area contributed by atoms with Crippen molar-refractivity contribution in [2.75, 3.05) is 26.9 Å². The minimum Gasteiger partial charge on any atom is -0.490 e. The fourth-order valence-corrected chi connectivity index (χ4v) is 5.99. The molecule has 7 nitrogen and oxygen atoms in total. The predicted molar refractivity (Wildman–Crippen MR) is 122 cm³/mol. The van der Waals surface area contributed by atoms with E-state index in [1.807, 2.05) is 32.9 Å². The lowest BCUT2D eigenvalue weighted by Gasteiger charge is -2.36. The van der Waals surface area contributed by atoms with E-state index in [1.54, 1.807) is 25.1 Å². The molecule has 32 heavy (non-hydrogen) atoms. The van der Waals surface area contributed by atoms with E-state index in [4.69, 9.17) is 14.2 Å². The summed E-state index contributed by atoms with van der Waals surface area (Å²) in [6.07, 6.45) is 0.414. The molecule has 1 heterocycles. The number of sulfonamides is 1. The minimum absolute atomic E-state index is 0.0901. The van der Waals surface area contributed by atoms with Gasteiger partial charge in [0.25, 0.3) is 0 Å². The fourth-order valence-electron chi connectivity index (χ4n) is 4.18. The van der Waals surface area contributed by atoms with Gasteiger partial charge in [-0.15, -0.1) is 0 Å². The van der Waals surface area contributed by atoms with E-state index in [0.717, 1.165) is 16.7 Å². The van der Waals surface area contributed by atoms with E-state index in [-0.39, 0.29) is 17.9 Å². The van der Waals surface area contributed by atoms with Crippen LogP contribution in [0.5, 0.6) is 11.5 Å². The van der Waals surface area contributed by atoms with E-state index >= 15 is 0 Å². The van der Waals surface area contributed by atoms with Crippen LogP contribution >= 0.6 is 0 Å². The highest BCUT2D eigenvalue weighted by Gasteiger charge is 2.39. The van der Waals surface area contributed by atoms with Gasteiger partial charge in [0.2, 0.25) is 10.0 Å². The first kappa shape index (κ1) is 24.1. The highest BCUT2D eigenvalue weighted by atomic mass is 32.2. The summed E-state index contributed by atoms with van der Waals surface area (Å²) >= 11 is 0. The lowest BCUT2D eigenvalue weighted by molar-refractivity contribution is -0.141. The Morgan fingerprint density at radius 3 is 2.31 bits per heavy atom. The van der Waals surface area contributed by atoms with Crippen LogP contribution in [0.15, 0.2) is 35.2 Å². The molecule has 174 valence electrons. The van der Waals surface area contributed by atoms with Crippen molar-refractivity contribution in [2.24, 2.45) is 0 Å². The van der Waals surface area contributed by atoms with Crippen molar-refractivity contribution >= 4 is 16.0 Å². The number of hydrogen-bond acceptors (Lipinski definition) is 6. The van der Waals surface area contributed by atoms with Gasteiger partial charge < -0.3 is 14.2 Å². The van der Waals surface area contributed by atoms with E-state index in [0.29, 0.717) is 36.7 Å². The number of methoxy groups -OCH3 is 1. The Kier molecular flexibility index (Phi) is 7.46. The van der Waals surface area contributed by atoms with Crippen LogP contribution in [0.4, 0.5) is 0 Å². The van der Waals surface area contributed by atoms with Crippen LogP contribution in [0.25, 0.3) is 0 Å². The molecule has 0 amide bonds. The molecular weight excluding hydrogens is 430 g/mol. The third kappa shape index (κ3) is 4.76. The average molecular weight is 462 g/mol. The van der Waals surface area contributed by atoms with Gasteiger partial charge in [-0.05, 0) is 69.0 Å². The van der Waals surface area contributed by atoms with Crippen molar-refractivity contribution in [3.05, 3.63) is 52.6 Å². The Morgan fingerprint density at radius 2 is 1.72 bits per heavy atom.